The Kier molecular flexibility index (Phi) is 6.45. The fourth-order valence-corrected chi connectivity index (χ4v) is 4.10. The Hall–Kier alpha value is -2.13. The molecule has 1 aromatic carbocycles. The molecule has 2 aromatic rings. The molecule has 1 atom stereocenters. The lowest BCUT2D eigenvalue weighted by Crippen LogP contribution is -2.52. The molecule has 0 aliphatic carbocycles. The molecule has 1 saturated heterocycles. The molecule has 1 aromatic heterocycles. The van der Waals surface area contributed by atoms with Gasteiger partial charge in [0.05, 0.1) is 0 Å². The van der Waals surface area contributed by atoms with E-state index >= 15 is 0 Å². The molecule has 2 heterocycles. The van der Waals surface area contributed by atoms with E-state index in [-0.39, 0.29) is 11.9 Å². The maximum absolute atomic E-state index is 12.7. The summed E-state index contributed by atoms with van der Waals surface area (Å²) >= 11 is 3.14. The second kappa shape index (κ2) is 9.00. The number of aryl methyl sites for hydroxylation is 1. The molecule has 3 amide bonds. The van der Waals surface area contributed by atoms with Crippen molar-refractivity contribution >= 4 is 40.2 Å². The number of thioether (sulfide) groups is 1. The van der Waals surface area contributed by atoms with Gasteiger partial charge in [-0.3, -0.25) is 10.1 Å². The van der Waals surface area contributed by atoms with Crippen LogP contribution < -0.4 is 10.6 Å². The van der Waals surface area contributed by atoms with E-state index in [9.17, 15) is 9.59 Å². The smallest absolute Gasteiger partial charge is 0.318 e. The van der Waals surface area contributed by atoms with Gasteiger partial charge in [-0.05, 0) is 12.5 Å². The lowest BCUT2D eigenvalue weighted by molar-refractivity contribution is -0.118. The van der Waals surface area contributed by atoms with Crippen LogP contribution >= 0.6 is 23.1 Å². The van der Waals surface area contributed by atoms with Crippen molar-refractivity contribution < 1.29 is 9.59 Å². The number of nitrogens with one attached hydrogen (secondary N) is 2. The minimum atomic E-state index is -0.677. The third kappa shape index (κ3) is 5.18. The standard InChI is InChI=1S/C17H21N5O2S2/c1-12-20-21-16(26-12)19-15(23)14(11-13-5-3-2-4-6-13)18-17(24)22-7-9-25-10-8-22/h2-6,14H,7-11H2,1H3,(H,18,24)(H,19,21,23)/t14-/m1/s1. The second-order valence-corrected chi connectivity index (χ2v) is 8.31. The van der Waals surface area contributed by atoms with Crippen molar-refractivity contribution in [3.05, 3.63) is 40.9 Å². The molecule has 0 bridgehead atoms. The number of hydrogen-bond donors (Lipinski definition) is 2. The molecule has 0 unspecified atom stereocenters. The van der Waals surface area contributed by atoms with Gasteiger partial charge < -0.3 is 10.2 Å². The summed E-state index contributed by atoms with van der Waals surface area (Å²) in [6.45, 7) is 3.22. The summed E-state index contributed by atoms with van der Waals surface area (Å²) in [4.78, 5) is 27.1. The van der Waals surface area contributed by atoms with E-state index in [0.29, 0.717) is 24.6 Å². The molecule has 1 fully saturated rings. The monoisotopic (exact) mass is 391 g/mol. The maximum atomic E-state index is 12.7. The lowest BCUT2D eigenvalue weighted by Gasteiger charge is -2.28. The Morgan fingerprint density at radius 2 is 1.92 bits per heavy atom. The molecule has 1 aliphatic rings. The number of hydrogen-bond acceptors (Lipinski definition) is 6. The molecule has 0 spiro atoms. The number of benzene rings is 1. The number of anilines is 1. The third-order valence-corrected chi connectivity index (χ3v) is 5.65. The van der Waals surface area contributed by atoms with Gasteiger partial charge in [-0.1, -0.05) is 41.7 Å². The number of amides is 3. The van der Waals surface area contributed by atoms with Crippen LogP contribution in [0.1, 0.15) is 10.6 Å². The second-order valence-electron chi connectivity index (χ2n) is 5.91. The summed E-state index contributed by atoms with van der Waals surface area (Å²) in [5, 5.41) is 14.7. The van der Waals surface area contributed by atoms with Crippen LogP contribution in [0.4, 0.5) is 9.93 Å². The molecule has 1 aliphatic heterocycles. The number of aromatic nitrogens is 2. The van der Waals surface area contributed by atoms with E-state index in [1.54, 1.807) is 4.90 Å². The zero-order valence-electron chi connectivity index (χ0n) is 14.5. The highest BCUT2D eigenvalue weighted by Gasteiger charge is 2.25. The zero-order chi connectivity index (χ0) is 18.4. The summed E-state index contributed by atoms with van der Waals surface area (Å²) in [5.74, 6) is 1.56. The van der Waals surface area contributed by atoms with Crippen LogP contribution in [-0.4, -0.2) is 57.7 Å². The largest absolute Gasteiger partial charge is 0.326 e. The normalized spacial score (nSPS) is 15.3. The van der Waals surface area contributed by atoms with E-state index in [1.807, 2.05) is 49.0 Å². The lowest BCUT2D eigenvalue weighted by atomic mass is 10.1. The molecule has 0 radical (unpaired) electrons. The highest BCUT2D eigenvalue weighted by molar-refractivity contribution is 7.99. The number of carbonyl (C=O) groups excluding carboxylic acids is 2. The summed E-state index contributed by atoms with van der Waals surface area (Å²) in [5.41, 5.74) is 0.982. The molecular formula is C17H21N5O2S2. The van der Waals surface area contributed by atoms with E-state index in [1.165, 1.54) is 11.3 Å². The topological polar surface area (TPSA) is 87.2 Å². The van der Waals surface area contributed by atoms with Gasteiger partial charge in [0.2, 0.25) is 11.0 Å². The van der Waals surface area contributed by atoms with Crippen molar-refractivity contribution in [1.29, 1.82) is 0 Å². The van der Waals surface area contributed by atoms with Gasteiger partial charge in [-0.2, -0.15) is 11.8 Å². The molecule has 9 heteroatoms. The molecule has 2 N–H and O–H groups in total. The first-order chi connectivity index (χ1) is 12.6. The van der Waals surface area contributed by atoms with E-state index in [4.69, 9.17) is 0 Å². The van der Waals surface area contributed by atoms with E-state index in [2.05, 4.69) is 20.8 Å². The number of nitrogens with zero attached hydrogens (tertiary/aromatic N) is 3. The highest BCUT2D eigenvalue weighted by Crippen LogP contribution is 2.15. The molecule has 7 nitrogen and oxygen atoms in total. The fraction of sp³-hybridized carbons (Fsp3) is 0.412. The Morgan fingerprint density at radius 1 is 1.19 bits per heavy atom. The van der Waals surface area contributed by atoms with Crippen molar-refractivity contribution in [3.63, 3.8) is 0 Å². The van der Waals surface area contributed by atoms with Crippen LogP contribution in [0.15, 0.2) is 30.3 Å². The first-order valence-corrected chi connectivity index (χ1v) is 10.4. The number of rotatable bonds is 5. The van der Waals surface area contributed by atoms with Crippen LogP contribution in [0.2, 0.25) is 0 Å². The van der Waals surface area contributed by atoms with Gasteiger partial charge in [0, 0.05) is 31.0 Å². The predicted octanol–water partition coefficient (Wildman–Crippen LogP) is 2.15. The summed E-state index contributed by atoms with van der Waals surface area (Å²) in [7, 11) is 0. The quantitative estimate of drug-likeness (QED) is 0.816. The van der Waals surface area contributed by atoms with Crippen LogP contribution in [0.3, 0.4) is 0 Å². The predicted molar refractivity (Wildman–Crippen MR) is 105 cm³/mol. The average Bonchev–Trinajstić information content (AvgIpc) is 3.07. The number of carbonyl (C=O) groups is 2. The Bertz CT molecular complexity index is 747. The van der Waals surface area contributed by atoms with Crippen LogP contribution in [0.25, 0.3) is 0 Å². The Morgan fingerprint density at radius 3 is 2.58 bits per heavy atom. The SMILES string of the molecule is Cc1nnc(NC(=O)[C@@H](Cc2ccccc2)NC(=O)N2CCSCC2)s1. The molecular weight excluding hydrogens is 370 g/mol. The first kappa shape index (κ1) is 18.7. The van der Waals surface area contributed by atoms with Gasteiger partial charge in [0.25, 0.3) is 0 Å². The molecule has 26 heavy (non-hydrogen) atoms. The van der Waals surface area contributed by atoms with Gasteiger partial charge in [-0.15, -0.1) is 10.2 Å². The summed E-state index contributed by atoms with van der Waals surface area (Å²) in [6.07, 6.45) is 0.415. The highest BCUT2D eigenvalue weighted by atomic mass is 32.2. The maximum Gasteiger partial charge on any atom is 0.318 e. The van der Waals surface area contributed by atoms with Gasteiger partial charge in [0.15, 0.2) is 0 Å². The van der Waals surface area contributed by atoms with Crippen LogP contribution in [0.5, 0.6) is 0 Å². The third-order valence-electron chi connectivity index (χ3n) is 3.95. The first-order valence-electron chi connectivity index (χ1n) is 8.40. The number of urea groups is 1. The zero-order valence-corrected chi connectivity index (χ0v) is 16.1. The van der Waals surface area contributed by atoms with Gasteiger partial charge >= 0.3 is 6.03 Å². The summed E-state index contributed by atoms with van der Waals surface area (Å²) in [6, 6.07) is 8.77. The van der Waals surface area contributed by atoms with Crippen LogP contribution in [0, 0.1) is 6.92 Å². The van der Waals surface area contributed by atoms with E-state index < -0.39 is 6.04 Å². The van der Waals surface area contributed by atoms with Crippen molar-refractivity contribution in [3.8, 4) is 0 Å². The minimum absolute atomic E-state index is 0.199. The summed E-state index contributed by atoms with van der Waals surface area (Å²) < 4.78 is 0. The fourth-order valence-electron chi connectivity index (χ4n) is 2.61. The van der Waals surface area contributed by atoms with Gasteiger partial charge in [0.1, 0.15) is 11.0 Å². The van der Waals surface area contributed by atoms with Crippen molar-refractivity contribution in [2.75, 3.05) is 29.9 Å². The average molecular weight is 392 g/mol. The Balaban J connectivity index is 1.69. The van der Waals surface area contributed by atoms with Crippen LogP contribution in [-0.2, 0) is 11.2 Å². The molecule has 138 valence electrons. The van der Waals surface area contributed by atoms with E-state index in [0.717, 1.165) is 22.1 Å². The van der Waals surface area contributed by atoms with Crippen molar-refractivity contribution in [2.24, 2.45) is 0 Å². The van der Waals surface area contributed by atoms with Gasteiger partial charge in [-0.25, -0.2) is 4.79 Å². The van der Waals surface area contributed by atoms with Crippen molar-refractivity contribution in [2.45, 2.75) is 19.4 Å². The molecule has 3 rings (SSSR count). The minimum Gasteiger partial charge on any atom is -0.326 e. The van der Waals surface area contributed by atoms with Crippen molar-refractivity contribution in [1.82, 2.24) is 20.4 Å². The Labute approximate surface area is 160 Å². The molecule has 0 saturated carbocycles.